The summed E-state index contributed by atoms with van der Waals surface area (Å²) in [5.41, 5.74) is 6.53. The quantitative estimate of drug-likeness (QED) is 0.881. The Morgan fingerprint density at radius 1 is 1.30 bits per heavy atom. The van der Waals surface area contributed by atoms with Crippen LogP contribution in [0.3, 0.4) is 0 Å². The Kier molecular flexibility index (Phi) is 3.55. The van der Waals surface area contributed by atoms with E-state index in [0.717, 1.165) is 37.4 Å². The number of rotatable bonds is 4. The zero-order valence-electron chi connectivity index (χ0n) is 12.1. The molecule has 1 aliphatic carbocycles. The topological polar surface area (TPSA) is 55.1 Å². The molecule has 1 heterocycles. The van der Waals surface area contributed by atoms with Gasteiger partial charge in [0.1, 0.15) is 0 Å². The fourth-order valence-electron chi connectivity index (χ4n) is 4.68. The SMILES string of the molecule is CCC(C(N)=O)(c1ccccc1)[C@H]1CC[C@@H]2CNC[C@@H]21. The van der Waals surface area contributed by atoms with E-state index < -0.39 is 5.41 Å². The number of fused-ring (bicyclic) bond motifs is 1. The van der Waals surface area contributed by atoms with Crippen LogP contribution in [0.15, 0.2) is 30.3 Å². The number of nitrogens with one attached hydrogen (secondary N) is 1. The van der Waals surface area contributed by atoms with Gasteiger partial charge in [0.2, 0.25) is 5.91 Å². The molecule has 1 aromatic carbocycles. The van der Waals surface area contributed by atoms with Crippen molar-refractivity contribution >= 4 is 5.91 Å². The number of nitrogens with two attached hydrogens (primary N) is 1. The van der Waals surface area contributed by atoms with Crippen molar-refractivity contribution in [3.63, 3.8) is 0 Å². The van der Waals surface area contributed by atoms with Crippen LogP contribution in [0.25, 0.3) is 0 Å². The van der Waals surface area contributed by atoms with Gasteiger partial charge in [0.25, 0.3) is 0 Å². The first-order valence-corrected chi connectivity index (χ1v) is 7.76. The van der Waals surface area contributed by atoms with Crippen molar-refractivity contribution in [3.05, 3.63) is 35.9 Å². The minimum absolute atomic E-state index is 0.149. The van der Waals surface area contributed by atoms with Crippen LogP contribution in [0.2, 0.25) is 0 Å². The summed E-state index contributed by atoms with van der Waals surface area (Å²) in [6.45, 7) is 4.25. The Bertz CT molecular complexity index is 487. The van der Waals surface area contributed by atoms with E-state index in [1.165, 1.54) is 6.42 Å². The molecule has 0 aromatic heterocycles. The summed E-state index contributed by atoms with van der Waals surface area (Å²) in [5, 5.41) is 3.49. The molecule has 3 nitrogen and oxygen atoms in total. The van der Waals surface area contributed by atoms with Crippen molar-refractivity contribution in [1.29, 1.82) is 0 Å². The molecule has 4 atom stereocenters. The molecule has 1 saturated heterocycles. The van der Waals surface area contributed by atoms with Gasteiger partial charge in [0.15, 0.2) is 0 Å². The van der Waals surface area contributed by atoms with Crippen molar-refractivity contribution < 1.29 is 4.79 Å². The predicted octanol–water partition coefficient (Wildman–Crippen LogP) is 2.07. The predicted molar refractivity (Wildman–Crippen MR) is 80.2 cm³/mol. The standard InChI is InChI=1S/C17H24N2O/c1-2-17(16(18)20,13-6-4-3-5-7-13)15-9-8-12-10-19-11-14(12)15/h3-7,12,14-15,19H,2,8-11H2,1H3,(H2,18,20)/t12-,14+,15+,17?/m1/s1. The first kappa shape index (κ1) is 13.6. The highest BCUT2D eigenvalue weighted by Gasteiger charge is 2.53. The Labute approximate surface area is 120 Å². The van der Waals surface area contributed by atoms with Gasteiger partial charge in [-0.15, -0.1) is 0 Å². The lowest BCUT2D eigenvalue weighted by Crippen LogP contribution is -2.49. The zero-order chi connectivity index (χ0) is 14.2. The Morgan fingerprint density at radius 3 is 2.70 bits per heavy atom. The first-order valence-electron chi connectivity index (χ1n) is 7.76. The number of primary amides is 1. The summed E-state index contributed by atoms with van der Waals surface area (Å²) in [7, 11) is 0. The summed E-state index contributed by atoms with van der Waals surface area (Å²) in [6.07, 6.45) is 3.15. The van der Waals surface area contributed by atoms with Crippen LogP contribution < -0.4 is 11.1 Å². The minimum Gasteiger partial charge on any atom is -0.369 e. The molecule has 0 spiro atoms. The molecule has 1 saturated carbocycles. The maximum Gasteiger partial charge on any atom is 0.228 e. The smallest absolute Gasteiger partial charge is 0.228 e. The maximum atomic E-state index is 12.4. The number of carbonyl (C=O) groups excluding carboxylic acids is 1. The van der Waals surface area contributed by atoms with Crippen LogP contribution in [-0.2, 0) is 10.2 Å². The minimum atomic E-state index is -0.493. The molecule has 2 aliphatic rings. The van der Waals surface area contributed by atoms with E-state index in [-0.39, 0.29) is 5.91 Å². The molecule has 20 heavy (non-hydrogen) atoms. The number of hydrogen-bond acceptors (Lipinski definition) is 2. The molecule has 1 unspecified atom stereocenters. The second-order valence-electron chi connectivity index (χ2n) is 6.32. The fourth-order valence-corrected chi connectivity index (χ4v) is 4.68. The molecule has 3 rings (SSSR count). The van der Waals surface area contributed by atoms with Gasteiger partial charge in [-0.3, -0.25) is 4.79 Å². The maximum absolute atomic E-state index is 12.4. The van der Waals surface area contributed by atoms with Crippen LogP contribution in [0.1, 0.15) is 31.7 Å². The number of carbonyl (C=O) groups is 1. The first-order chi connectivity index (χ1) is 9.70. The van der Waals surface area contributed by atoms with Gasteiger partial charge in [0, 0.05) is 0 Å². The molecular weight excluding hydrogens is 248 g/mol. The molecule has 1 amide bonds. The normalized spacial score (nSPS) is 31.8. The zero-order valence-corrected chi connectivity index (χ0v) is 12.1. The van der Waals surface area contributed by atoms with Crippen LogP contribution in [0, 0.1) is 17.8 Å². The van der Waals surface area contributed by atoms with E-state index in [1.807, 2.05) is 18.2 Å². The van der Waals surface area contributed by atoms with Gasteiger partial charge in [0.05, 0.1) is 5.41 Å². The van der Waals surface area contributed by atoms with E-state index in [9.17, 15) is 4.79 Å². The van der Waals surface area contributed by atoms with Crippen molar-refractivity contribution in [3.8, 4) is 0 Å². The molecule has 1 aromatic rings. The summed E-state index contributed by atoms with van der Waals surface area (Å²) in [5.74, 6) is 1.56. The van der Waals surface area contributed by atoms with Gasteiger partial charge in [-0.1, -0.05) is 37.3 Å². The summed E-state index contributed by atoms with van der Waals surface area (Å²) >= 11 is 0. The molecule has 2 fully saturated rings. The summed E-state index contributed by atoms with van der Waals surface area (Å²) in [4.78, 5) is 12.4. The Morgan fingerprint density at radius 2 is 2.05 bits per heavy atom. The molecular formula is C17H24N2O. The average Bonchev–Trinajstić information content (AvgIpc) is 3.05. The van der Waals surface area contributed by atoms with Gasteiger partial charge in [-0.25, -0.2) is 0 Å². The van der Waals surface area contributed by atoms with E-state index >= 15 is 0 Å². The van der Waals surface area contributed by atoms with Gasteiger partial charge in [-0.2, -0.15) is 0 Å². The van der Waals surface area contributed by atoms with E-state index in [4.69, 9.17) is 5.73 Å². The molecule has 0 bridgehead atoms. The number of amides is 1. The summed E-state index contributed by atoms with van der Waals surface area (Å²) < 4.78 is 0. The third kappa shape index (κ3) is 1.87. The molecule has 3 heteroatoms. The van der Waals surface area contributed by atoms with Crippen LogP contribution in [-0.4, -0.2) is 19.0 Å². The highest BCUT2D eigenvalue weighted by molar-refractivity contribution is 5.87. The largest absolute Gasteiger partial charge is 0.369 e. The van der Waals surface area contributed by atoms with Crippen LogP contribution >= 0.6 is 0 Å². The van der Waals surface area contributed by atoms with Crippen LogP contribution in [0.5, 0.6) is 0 Å². The van der Waals surface area contributed by atoms with E-state index in [0.29, 0.717) is 11.8 Å². The van der Waals surface area contributed by atoms with Gasteiger partial charge >= 0.3 is 0 Å². The van der Waals surface area contributed by atoms with Crippen molar-refractivity contribution in [1.82, 2.24) is 5.32 Å². The number of benzene rings is 1. The van der Waals surface area contributed by atoms with Gasteiger partial charge < -0.3 is 11.1 Å². The monoisotopic (exact) mass is 272 g/mol. The van der Waals surface area contributed by atoms with Gasteiger partial charge in [-0.05, 0) is 55.7 Å². The van der Waals surface area contributed by atoms with Crippen molar-refractivity contribution in [2.24, 2.45) is 23.5 Å². The number of hydrogen-bond donors (Lipinski definition) is 2. The lowest BCUT2D eigenvalue weighted by atomic mass is 9.64. The Hall–Kier alpha value is -1.35. The lowest BCUT2D eigenvalue weighted by molar-refractivity contribution is -0.126. The van der Waals surface area contributed by atoms with E-state index in [1.54, 1.807) is 0 Å². The third-order valence-electron chi connectivity index (χ3n) is 5.68. The average molecular weight is 272 g/mol. The second-order valence-corrected chi connectivity index (χ2v) is 6.32. The molecule has 108 valence electrons. The Balaban J connectivity index is 2.04. The van der Waals surface area contributed by atoms with Crippen LogP contribution in [0.4, 0.5) is 0 Å². The highest BCUT2D eigenvalue weighted by atomic mass is 16.1. The molecule has 1 aliphatic heterocycles. The van der Waals surface area contributed by atoms with Crippen molar-refractivity contribution in [2.75, 3.05) is 13.1 Å². The van der Waals surface area contributed by atoms with Crippen molar-refractivity contribution in [2.45, 2.75) is 31.6 Å². The second kappa shape index (κ2) is 5.21. The summed E-state index contributed by atoms with van der Waals surface area (Å²) in [6, 6.07) is 10.2. The fraction of sp³-hybridized carbons (Fsp3) is 0.588. The van der Waals surface area contributed by atoms with E-state index in [2.05, 4.69) is 24.4 Å². The molecule has 0 radical (unpaired) electrons. The highest BCUT2D eigenvalue weighted by Crippen LogP contribution is 2.50. The lowest BCUT2D eigenvalue weighted by Gasteiger charge is -2.39. The third-order valence-corrected chi connectivity index (χ3v) is 5.68. The molecule has 3 N–H and O–H groups in total.